The summed E-state index contributed by atoms with van der Waals surface area (Å²) in [6.45, 7) is 3.73. The number of carbonyl (C=O) groups excluding carboxylic acids is 2. The molecule has 1 aliphatic rings. The average molecular weight is 479 g/mol. The van der Waals surface area contributed by atoms with E-state index in [1.165, 1.54) is 38.5 Å². The number of ether oxygens (including phenoxy) is 1. The van der Waals surface area contributed by atoms with Crippen LogP contribution in [0, 0.1) is 0 Å². The van der Waals surface area contributed by atoms with Crippen LogP contribution in [-0.2, 0) is 14.3 Å². The highest BCUT2D eigenvalue weighted by Crippen LogP contribution is 2.22. The summed E-state index contributed by atoms with van der Waals surface area (Å²) in [5.74, 6) is -0.0994. The summed E-state index contributed by atoms with van der Waals surface area (Å²) in [4.78, 5) is 28.5. The minimum Gasteiger partial charge on any atom is -0.388 e. The zero-order valence-electron chi connectivity index (χ0n) is 20.5. The van der Waals surface area contributed by atoms with Gasteiger partial charge in [0.2, 0.25) is 11.8 Å². The largest absolute Gasteiger partial charge is 0.388 e. The van der Waals surface area contributed by atoms with Gasteiger partial charge >= 0.3 is 0 Å². The van der Waals surface area contributed by atoms with Crippen LogP contribution in [0.5, 0.6) is 0 Å². The predicted molar refractivity (Wildman–Crippen MR) is 131 cm³/mol. The van der Waals surface area contributed by atoms with Gasteiger partial charge < -0.3 is 30.9 Å². The molecule has 0 spiro atoms. The number of aliphatic hydroxyl groups is 2. The minimum absolute atomic E-state index is 0.161. The molecule has 0 saturated carbocycles. The number of nitrogens with one attached hydrogen (secondary N) is 3. The van der Waals surface area contributed by atoms with Gasteiger partial charge in [-0.15, -0.1) is 0 Å². The third-order valence-corrected chi connectivity index (χ3v) is 6.13. The zero-order valence-corrected chi connectivity index (χ0v) is 20.5. The molecule has 9 heteroatoms. The van der Waals surface area contributed by atoms with Gasteiger partial charge in [0.1, 0.15) is 18.0 Å². The Labute approximate surface area is 203 Å². The Morgan fingerprint density at radius 1 is 0.971 bits per heavy atom. The van der Waals surface area contributed by atoms with Gasteiger partial charge in [0.05, 0.1) is 18.7 Å². The molecular formula is C25H42N4O5. The van der Waals surface area contributed by atoms with Crippen LogP contribution in [0.15, 0.2) is 24.4 Å². The topological polar surface area (TPSA) is 133 Å². The van der Waals surface area contributed by atoms with Crippen LogP contribution in [0.3, 0.4) is 0 Å². The van der Waals surface area contributed by atoms with Crippen molar-refractivity contribution in [3.8, 4) is 0 Å². The lowest BCUT2D eigenvalue weighted by atomic mass is 9.96. The standard InChI is InChI=1S/C25H42N4O5/c1-3-4-5-6-7-8-9-10-11-15-20(30)27-17-21(31)29-22-18(2)34-25(24(33)23(22)32)28-19-14-12-13-16-26-19/h12-14,16,18,22-25,32-33H,3-11,15,17H2,1-2H3,(H,26,28)(H,27,30)(H,29,31)/t18-,22-,23+,24+,25-/m0/s1. The maximum atomic E-state index is 12.3. The summed E-state index contributed by atoms with van der Waals surface area (Å²) in [6, 6.07) is 4.47. The number of anilines is 1. The third kappa shape index (κ3) is 9.95. The fourth-order valence-electron chi connectivity index (χ4n) is 4.08. The first kappa shape index (κ1) is 28.0. The van der Waals surface area contributed by atoms with E-state index in [0.29, 0.717) is 12.2 Å². The summed E-state index contributed by atoms with van der Waals surface area (Å²) in [5, 5.41) is 29.2. The zero-order chi connectivity index (χ0) is 24.8. The Kier molecular flexibility index (Phi) is 12.9. The van der Waals surface area contributed by atoms with Crippen molar-refractivity contribution in [2.45, 2.75) is 109 Å². The highest BCUT2D eigenvalue weighted by atomic mass is 16.5. The molecule has 2 rings (SSSR count). The van der Waals surface area contributed by atoms with E-state index in [2.05, 4.69) is 27.9 Å². The summed E-state index contributed by atoms with van der Waals surface area (Å²) < 4.78 is 5.76. The SMILES string of the molecule is CCCCCCCCCCCC(=O)NCC(=O)N[C@@H]1[C@@H](O)[C@@H](O)[C@@H](Nc2ccccn2)O[C@H]1C. The van der Waals surface area contributed by atoms with Gasteiger partial charge in [0, 0.05) is 12.6 Å². The van der Waals surface area contributed by atoms with Crippen molar-refractivity contribution < 1.29 is 24.5 Å². The first-order valence-electron chi connectivity index (χ1n) is 12.7. The quantitative estimate of drug-likeness (QED) is 0.245. The molecule has 0 aromatic carbocycles. The van der Waals surface area contributed by atoms with Gasteiger partial charge in [0.25, 0.3) is 0 Å². The molecule has 9 nitrogen and oxygen atoms in total. The summed E-state index contributed by atoms with van der Waals surface area (Å²) in [5.41, 5.74) is 0. The average Bonchev–Trinajstić information content (AvgIpc) is 2.83. The number of pyridine rings is 1. The first-order valence-corrected chi connectivity index (χ1v) is 12.7. The lowest BCUT2D eigenvalue weighted by molar-refractivity contribution is -0.172. The van der Waals surface area contributed by atoms with Gasteiger partial charge in [-0.05, 0) is 25.5 Å². The number of aromatic nitrogens is 1. The monoisotopic (exact) mass is 478 g/mol. The molecule has 2 amide bonds. The number of carbonyl (C=O) groups is 2. The van der Waals surface area contributed by atoms with E-state index >= 15 is 0 Å². The number of unbranched alkanes of at least 4 members (excludes halogenated alkanes) is 8. The molecule has 1 aliphatic heterocycles. The van der Waals surface area contributed by atoms with E-state index in [1.807, 2.05) is 0 Å². The Bertz CT molecular complexity index is 721. The number of rotatable bonds is 15. The fraction of sp³-hybridized carbons (Fsp3) is 0.720. The molecule has 34 heavy (non-hydrogen) atoms. The minimum atomic E-state index is -1.27. The van der Waals surface area contributed by atoms with E-state index in [9.17, 15) is 19.8 Å². The molecule has 1 fully saturated rings. The van der Waals surface area contributed by atoms with Crippen molar-refractivity contribution in [1.82, 2.24) is 15.6 Å². The Morgan fingerprint density at radius 3 is 2.29 bits per heavy atom. The molecule has 2 heterocycles. The lowest BCUT2D eigenvalue weighted by Crippen LogP contribution is -2.64. The number of hydrogen-bond donors (Lipinski definition) is 5. The van der Waals surface area contributed by atoms with Gasteiger partial charge in [0.15, 0.2) is 6.23 Å². The van der Waals surface area contributed by atoms with Crippen LogP contribution < -0.4 is 16.0 Å². The lowest BCUT2D eigenvalue weighted by Gasteiger charge is -2.42. The molecule has 1 aromatic heterocycles. The van der Waals surface area contributed by atoms with E-state index < -0.39 is 36.5 Å². The summed E-state index contributed by atoms with van der Waals surface area (Å²) in [7, 11) is 0. The van der Waals surface area contributed by atoms with E-state index in [0.717, 1.165) is 19.3 Å². The predicted octanol–water partition coefficient (Wildman–Crippen LogP) is 2.48. The molecule has 192 valence electrons. The molecule has 1 aromatic rings. The smallest absolute Gasteiger partial charge is 0.239 e. The Balaban J connectivity index is 1.62. The van der Waals surface area contributed by atoms with E-state index in [4.69, 9.17) is 4.74 Å². The number of hydrogen-bond acceptors (Lipinski definition) is 7. The fourth-order valence-corrected chi connectivity index (χ4v) is 4.08. The van der Waals surface area contributed by atoms with Crippen molar-refractivity contribution >= 4 is 17.6 Å². The second kappa shape index (κ2) is 15.6. The second-order valence-corrected chi connectivity index (χ2v) is 9.05. The molecule has 0 radical (unpaired) electrons. The molecule has 0 bridgehead atoms. The number of amides is 2. The van der Waals surface area contributed by atoms with Crippen molar-refractivity contribution in [3.63, 3.8) is 0 Å². The van der Waals surface area contributed by atoms with Gasteiger partial charge in [-0.25, -0.2) is 4.98 Å². The maximum Gasteiger partial charge on any atom is 0.239 e. The van der Waals surface area contributed by atoms with Crippen molar-refractivity contribution in [2.24, 2.45) is 0 Å². The van der Waals surface area contributed by atoms with Gasteiger partial charge in [-0.2, -0.15) is 0 Å². The molecule has 0 aliphatic carbocycles. The van der Waals surface area contributed by atoms with Crippen LogP contribution in [0.25, 0.3) is 0 Å². The first-order chi connectivity index (χ1) is 16.4. The van der Waals surface area contributed by atoms with Crippen LogP contribution >= 0.6 is 0 Å². The van der Waals surface area contributed by atoms with Crippen molar-refractivity contribution in [1.29, 1.82) is 0 Å². The number of nitrogens with zero attached hydrogens (tertiary/aromatic N) is 1. The van der Waals surface area contributed by atoms with E-state index in [1.54, 1.807) is 31.3 Å². The van der Waals surface area contributed by atoms with E-state index in [-0.39, 0.29) is 12.5 Å². The van der Waals surface area contributed by atoms with Gasteiger partial charge in [-0.3, -0.25) is 9.59 Å². The van der Waals surface area contributed by atoms with Crippen LogP contribution in [0.2, 0.25) is 0 Å². The van der Waals surface area contributed by atoms with Crippen LogP contribution in [-0.4, -0.2) is 64.1 Å². The maximum absolute atomic E-state index is 12.3. The number of aliphatic hydroxyl groups excluding tert-OH is 2. The third-order valence-electron chi connectivity index (χ3n) is 6.13. The van der Waals surface area contributed by atoms with Crippen molar-refractivity contribution in [2.75, 3.05) is 11.9 Å². The molecule has 5 atom stereocenters. The normalized spacial score (nSPS) is 24.4. The highest BCUT2D eigenvalue weighted by Gasteiger charge is 2.43. The molecule has 5 N–H and O–H groups in total. The van der Waals surface area contributed by atoms with Crippen LogP contribution in [0.4, 0.5) is 5.82 Å². The highest BCUT2D eigenvalue weighted by molar-refractivity contribution is 5.84. The summed E-state index contributed by atoms with van der Waals surface area (Å²) >= 11 is 0. The summed E-state index contributed by atoms with van der Waals surface area (Å²) in [6.07, 6.45) is 8.64. The van der Waals surface area contributed by atoms with Crippen molar-refractivity contribution in [3.05, 3.63) is 24.4 Å². The second-order valence-electron chi connectivity index (χ2n) is 9.05. The Hall–Kier alpha value is -2.23. The molecule has 1 saturated heterocycles. The Morgan fingerprint density at radius 2 is 1.65 bits per heavy atom. The van der Waals surface area contributed by atoms with Gasteiger partial charge in [-0.1, -0.05) is 64.4 Å². The molecule has 0 unspecified atom stereocenters. The van der Waals surface area contributed by atoms with Crippen LogP contribution in [0.1, 0.15) is 78.1 Å². The molecular weight excluding hydrogens is 436 g/mol.